The highest BCUT2D eigenvalue weighted by Crippen LogP contribution is 2.50. The van der Waals surface area contributed by atoms with Crippen LogP contribution in [0.4, 0.5) is 0 Å². The second-order valence-electron chi connectivity index (χ2n) is 6.03. The minimum atomic E-state index is -1.09. The minimum Gasteiger partial charge on any atom is -0.226 e. The first-order valence-electron chi connectivity index (χ1n) is 7.71. The predicted octanol–water partition coefficient (Wildman–Crippen LogP) is 6.30. The lowest BCUT2D eigenvalue weighted by atomic mass is 9.72. The lowest BCUT2D eigenvalue weighted by Gasteiger charge is -2.30. The van der Waals surface area contributed by atoms with Gasteiger partial charge in [0.25, 0.3) is 0 Å². The Morgan fingerprint density at radius 2 is 1.83 bits per heavy atom. The summed E-state index contributed by atoms with van der Waals surface area (Å²) in [4.78, 5) is 7.45. The van der Waals surface area contributed by atoms with E-state index >= 15 is 0 Å². The van der Waals surface area contributed by atoms with Crippen molar-refractivity contribution in [2.24, 2.45) is 5.92 Å². The fraction of sp³-hybridized carbons (Fsp3) is 0.368. The molecular formula is C19H16Cl2N2. The number of hydrogen-bond acceptors (Lipinski definition) is 0. The number of benzene rings is 1. The van der Waals surface area contributed by atoms with Crippen molar-refractivity contribution >= 4 is 23.2 Å². The van der Waals surface area contributed by atoms with E-state index in [9.17, 15) is 0 Å². The van der Waals surface area contributed by atoms with Crippen molar-refractivity contribution in [1.29, 1.82) is 0 Å². The number of nitrogens with zero attached hydrogens (tertiary/aromatic N) is 2. The van der Waals surface area contributed by atoms with Crippen LogP contribution in [0.15, 0.2) is 42.0 Å². The first kappa shape index (κ1) is 16.1. The highest BCUT2D eigenvalue weighted by atomic mass is 35.5. The molecule has 0 N–H and O–H groups in total. The van der Waals surface area contributed by atoms with Crippen LogP contribution in [0.25, 0.3) is 9.69 Å². The summed E-state index contributed by atoms with van der Waals surface area (Å²) in [6.45, 7) is 15.2. The van der Waals surface area contributed by atoms with Gasteiger partial charge in [0, 0.05) is 21.9 Å². The van der Waals surface area contributed by atoms with Crippen molar-refractivity contribution in [2.45, 2.75) is 37.3 Å². The lowest BCUT2D eigenvalue weighted by molar-refractivity contribution is 0.438. The Hall–Kier alpha value is -1.74. The van der Waals surface area contributed by atoms with Crippen LogP contribution in [0.2, 0.25) is 10.0 Å². The molecule has 0 radical (unpaired) electrons. The zero-order valence-corrected chi connectivity index (χ0v) is 14.1. The third-order valence-corrected chi connectivity index (χ3v) is 5.49. The van der Waals surface area contributed by atoms with E-state index in [0.717, 1.165) is 30.4 Å². The Morgan fingerprint density at radius 3 is 2.48 bits per heavy atom. The summed E-state index contributed by atoms with van der Waals surface area (Å²) < 4.78 is 0. The third-order valence-electron chi connectivity index (χ3n) is 4.83. The van der Waals surface area contributed by atoms with Crippen LogP contribution >= 0.6 is 23.2 Å². The maximum absolute atomic E-state index is 7.60. The van der Waals surface area contributed by atoms with Crippen LogP contribution in [-0.4, -0.2) is 5.66 Å². The van der Waals surface area contributed by atoms with Crippen LogP contribution < -0.4 is 0 Å². The molecule has 1 aromatic rings. The molecule has 2 nitrogen and oxygen atoms in total. The third kappa shape index (κ3) is 2.67. The highest BCUT2D eigenvalue weighted by molar-refractivity contribution is 6.36. The first-order valence-corrected chi connectivity index (χ1v) is 8.47. The molecule has 0 heterocycles. The van der Waals surface area contributed by atoms with Gasteiger partial charge in [0.2, 0.25) is 0 Å². The van der Waals surface area contributed by atoms with E-state index < -0.39 is 5.66 Å². The van der Waals surface area contributed by atoms with Gasteiger partial charge < -0.3 is 0 Å². The quantitative estimate of drug-likeness (QED) is 0.418. The van der Waals surface area contributed by atoms with E-state index in [1.807, 2.05) is 24.3 Å². The SMILES string of the molecule is [C-]#[N+]C1([N+]#[C-])CC=C[C@@H](c2c(Cl)cccc2Cl)[C@@H]2CCCC=C21. The second-order valence-corrected chi connectivity index (χ2v) is 6.84. The molecule has 0 aromatic heterocycles. The molecule has 116 valence electrons. The largest absolute Gasteiger partial charge is 0.509 e. The van der Waals surface area contributed by atoms with Gasteiger partial charge in [0.15, 0.2) is 0 Å². The topological polar surface area (TPSA) is 8.72 Å². The molecule has 23 heavy (non-hydrogen) atoms. The summed E-state index contributed by atoms with van der Waals surface area (Å²) in [7, 11) is 0. The van der Waals surface area contributed by atoms with Crippen LogP contribution in [0.3, 0.4) is 0 Å². The molecule has 1 aromatic carbocycles. The summed E-state index contributed by atoms with van der Waals surface area (Å²) in [6.07, 6.45) is 9.54. The van der Waals surface area contributed by atoms with Crippen LogP contribution in [0.5, 0.6) is 0 Å². The van der Waals surface area contributed by atoms with Gasteiger partial charge in [-0.15, -0.1) is 0 Å². The van der Waals surface area contributed by atoms with Gasteiger partial charge in [-0.05, 0) is 37.0 Å². The molecule has 0 spiro atoms. The number of hydrogen-bond donors (Lipinski definition) is 0. The monoisotopic (exact) mass is 342 g/mol. The molecule has 2 atom stereocenters. The maximum atomic E-state index is 7.60. The molecule has 0 bridgehead atoms. The molecule has 4 heteroatoms. The molecule has 0 aliphatic heterocycles. The summed E-state index contributed by atoms with van der Waals surface area (Å²) in [5.41, 5.74) is 0.778. The van der Waals surface area contributed by atoms with E-state index in [1.54, 1.807) is 0 Å². The van der Waals surface area contributed by atoms with E-state index in [2.05, 4.69) is 21.8 Å². The van der Waals surface area contributed by atoms with Gasteiger partial charge in [0.05, 0.1) is 0 Å². The van der Waals surface area contributed by atoms with Crippen LogP contribution in [0.1, 0.15) is 37.2 Å². The number of halogens is 2. The Labute approximate surface area is 147 Å². The minimum absolute atomic E-state index is 0.0214. The van der Waals surface area contributed by atoms with Crippen molar-refractivity contribution < 1.29 is 0 Å². The van der Waals surface area contributed by atoms with Gasteiger partial charge in [-0.25, -0.2) is 22.8 Å². The average molecular weight is 343 g/mol. The lowest BCUT2D eigenvalue weighted by Crippen LogP contribution is -2.30. The number of fused-ring (bicyclic) bond motifs is 1. The van der Waals surface area contributed by atoms with E-state index in [0.29, 0.717) is 16.5 Å². The van der Waals surface area contributed by atoms with Crippen molar-refractivity contribution in [3.63, 3.8) is 0 Å². The van der Waals surface area contributed by atoms with Gasteiger partial charge in [-0.1, -0.05) is 47.5 Å². The van der Waals surface area contributed by atoms with E-state index in [1.165, 1.54) is 0 Å². The van der Waals surface area contributed by atoms with Crippen molar-refractivity contribution in [3.05, 3.63) is 80.4 Å². The Bertz CT molecular complexity index is 730. The second kappa shape index (κ2) is 6.40. The molecule has 0 saturated heterocycles. The summed E-state index contributed by atoms with van der Waals surface area (Å²) >= 11 is 12.9. The van der Waals surface area contributed by atoms with Crippen LogP contribution in [-0.2, 0) is 0 Å². The molecule has 0 amide bonds. The molecule has 0 unspecified atom stereocenters. The average Bonchev–Trinajstić information content (AvgIpc) is 2.73. The number of rotatable bonds is 1. The van der Waals surface area contributed by atoms with Gasteiger partial charge in [0.1, 0.15) is 12.0 Å². The fourth-order valence-corrected chi connectivity index (χ4v) is 4.39. The zero-order valence-electron chi connectivity index (χ0n) is 12.6. The normalized spacial score (nSPS) is 25.5. The molecule has 3 rings (SSSR count). The van der Waals surface area contributed by atoms with E-state index in [-0.39, 0.29) is 11.8 Å². The van der Waals surface area contributed by atoms with Crippen molar-refractivity contribution in [3.8, 4) is 0 Å². The summed E-state index contributed by atoms with van der Waals surface area (Å²) in [5, 5.41) is 1.30. The number of allylic oxidation sites excluding steroid dienone is 2. The highest BCUT2D eigenvalue weighted by Gasteiger charge is 2.53. The van der Waals surface area contributed by atoms with Crippen molar-refractivity contribution in [1.82, 2.24) is 0 Å². The smallest absolute Gasteiger partial charge is 0.226 e. The zero-order chi connectivity index (χ0) is 16.4. The van der Waals surface area contributed by atoms with Crippen molar-refractivity contribution in [2.75, 3.05) is 0 Å². The Kier molecular flexibility index (Phi) is 4.49. The van der Waals surface area contributed by atoms with E-state index in [4.69, 9.17) is 36.3 Å². The molecule has 2 aliphatic rings. The fourth-order valence-electron chi connectivity index (χ4n) is 3.74. The molecule has 0 saturated carbocycles. The molecular weight excluding hydrogens is 327 g/mol. The molecule has 2 aliphatic carbocycles. The summed E-state index contributed by atoms with van der Waals surface area (Å²) in [6, 6.07) is 5.55. The standard InChI is InChI=1S/C19H16Cl2N2/c1-22-19(23-2)12-6-8-14(13-7-3-4-9-15(13)19)18-16(20)10-5-11-17(18)21/h5-6,8-11,13-14H,3-4,7,12H2/t13-,14+/m0/s1. The maximum Gasteiger partial charge on any atom is 0.509 e. The van der Waals surface area contributed by atoms with Gasteiger partial charge >= 0.3 is 5.66 Å². The molecule has 0 fully saturated rings. The van der Waals surface area contributed by atoms with Crippen LogP contribution in [0, 0.1) is 19.1 Å². The predicted molar refractivity (Wildman–Crippen MR) is 94.3 cm³/mol. The van der Waals surface area contributed by atoms with Gasteiger partial charge in [-0.3, -0.25) is 0 Å². The van der Waals surface area contributed by atoms with Gasteiger partial charge in [-0.2, -0.15) is 0 Å². The Balaban J connectivity index is 2.15. The Morgan fingerprint density at radius 1 is 1.13 bits per heavy atom. The first-order chi connectivity index (χ1) is 11.1. The summed E-state index contributed by atoms with van der Waals surface area (Å²) in [5.74, 6) is 0.135.